The maximum atomic E-state index is 5.59. The minimum Gasteiger partial charge on any atom is -0.324 e. The lowest BCUT2D eigenvalue weighted by atomic mass is 10.1. The lowest BCUT2D eigenvalue weighted by Crippen LogP contribution is -2.04. The molecule has 1 atom stereocenters. The summed E-state index contributed by atoms with van der Waals surface area (Å²) in [6.45, 7) is 1.95. The van der Waals surface area contributed by atoms with Crippen molar-refractivity contribution in [3.63, 3.8) is 0 Å². The van der Waals surface area contributed by atoms with Gasteiger partial charge in [-0.2, -0.15) is 0 Å². The molecule has 1 rings (SSSR count). The SMILES string of the molecule is C[C@@H](N)c1ccncc1. The van der Waals surface area contributed by atoms with E-state index < -0.39 is 0 Å². The standard InChI is InChI=1S/C7H10N2/c1-6(8)7-2-4-9-5-3-7/h2-6H,8H2,1H3/t6-/m1/s1. The van der Waals surface area contributed by atoms with Crippen LogP contribution in [-0.2, 0) is 0 Å². The average Bonchev–Trinajstić information content (AvgIpc) is 1.90. The Morgan fingerprint density at radius 2 is 2.00 bits per heavy atom. The second-order valence-electron chi connectivity index (χ2n) is 2.07. The van der Waals surface area contributed by atoms with Gasteiger partial charge in [0.2, 0.25) is 0 Å². The molecule has 0 saturated heterocycles. The van der Waals surface area contributed by atoms with Crippen molar-refractivity contribution in [2.75, 3.05) is 0 Å². The highest BCUT2D eigenvalue weighted by molar-refractivity contribution is 5.12. The maximum absolute atomic E-state index is 5.59. The summed E-state index contributed by atoms with van der Waals surface area (Å²) < 4.78 is 0. The van der Waals surface area contributed by atoms with Crippen molar-refractivity contribution in [3.05, 3.63) is 30.1 Å². The Balaban J connectivity index is 2.85. The number of nitrogens with zero attached hydrogens (tertiary/aromatic N) is 1. The van der Waals surface area contributed by atoms with Crippen LogP contribution in [0.1, 0.15) is 18.5 Å². The summed E-state index contributed by atoms with van der Waals surface area (Å²) >= 11 is 0. The van der Waals surface area contributed by atoms with E-state index in [1.54, 1.807) is 12.4 Å². The van der Waals surface area contributed by atoms with Gasteiger partial charge < -0.3 is 5.73 Å². The quantitative estimate of drug-likeness (QED) is 0.605. The molecule has 0 saturated carbocycles. The third kappa shape index (κ3) is 1.50. The second-order valence-corrected chi connectivity index (χ2v) is 2.07. The molecule has 0 radical (unpaired) electrons. The summed E-state index contributed by atoms with van der Waals surface area (Å²) in [5, 5.41) is 0. The van der Waals surface area contributed by atoms with Crippen molar-refractivity contribution in [1.29, 1.82) is 0 Å². The molecular formula is C7H10N2. The summed E-state index contributed by atoms with van der Waals surface area (Å²) in [5.41, 5.74) is 6.72. The Morgan fingerprint density at radius 3 is 2.33 bits per heavy atom. The van der Waals surface area contributed by atoms with Gasteiger partial charge in [0, 0.05) is 18.4 Å². The van der Waals surface area contributed by atoms with Gasteiger partial charge in [0.05, 0.1) is 0 Å². The van der Waals surface area contributed by atoms with Gasteiger partial charge in [-0.3, -0.25) is 4.98 Å². The largest absolute Gasteiger partial charge is 0.324 e. The summed E-state index contributed by atoms with van der Waals surface area (Å²) in [6.07, 6.45) is 3.50. The first-order valence-electron chi connectivity index (χ1n) is 2.96. The zero-order valence-corrected chi connectivity index (χ0v) is 5.41. The number of hydrogen-bond donors (Lipinski definition) is 1. The fourth-order valence-corrected chi connectivity index (χ4v) is 0.667. The Hall–Kier alpha value is -0.890. The number of aromatic nitrogens is 1. The van der Waals surface area contributed by atoms with Crippen molar-refractivity contribution >= 4 is 0 Å². The molecule has 0 aromatic carbocycles. The van der Waals surface area contributed by atoms with Crippen molar-refractivity contribution in [2.45, 2.75) is 13.0 Å². The van der Waals surface area contributed by atoms with E-state index in [9.17, 15) is 0 Å². The molecule has 2 heteroatoms. The first-order valence-corrected chi connectivity index (χ1v) is 2.96. The van der Waals surface area contributed by atoms with Crippen LogP contribution in [0.3, 0.4) is 0 Å². The Labute approximate surface area is 54.7 Å². The topological polar surface area (TPSA) is 38.9 Å². The highest BCUT2D eigenvalue weighted by Crippen LogP contribution is 2.05. The summed E-state index contributed by atoms with van der Waals surface area (Å²) in [7, 11) is 0. The monoisotopic (exact) mass is 122 g/mol. The zero-order chi connectivity index (χ0) is 6.69. The second kappa shape index (κ2) is 2.60. The van der Waals surface area contributed by atoms with Crippen LogP contribution in [0.25, 0.3) is 0 Å². The predicted molar refractivity (Wildman–Crippen MR) is 36.8 cm³/mol. The maximum Gasteiger partial charge on any atom is 0.0271 e. The minimum atomic E-state index is 0.119. The first-order chi connectivity index (χ1) is 4.30. The van der Waals surface area contributed by atoms with Gasteiger partial charge in [0.25, 0.3) is 0 Å². The van der Waals surface area contributed by atoms with Crippen molar-refractivity contribution in [1.82, 2.24) is 4.98 Å². The van der Waals surface area contributed by atoms with Gasteiger partial charge >= 0.3 is 0 Å². The van der Waals surface area contributed by atoms with Gasteiger partial charge in [-0.25, -0.2) is 0 Å². The van der Waals surface area contributed by atoms with Crippen LogP contribution in [0.2, 0.25) is 0 Å². The Bertz CT molecular complexity index is 170. The van der Waals surface area contributed by atoms with Gasteiger partial charge in [-0.05, 0) is 24.6 Å². The molecule has 0 unspecified atom stereocenters. The van der Waals surface area contributed by atoms with Crippen molar-refractivity contribution in [3.8, 4) is 0 Å². The van der Waals surface area contributed by atoms with E-state index in [4.69, 9.17) is 5.73 Å². The van der Waals surface area contributed by atoms with E-state index in [0.29, 0.717) is 0 Å². The van der Waals surface area contributed by atoms with E-state index in [-0.39, 0.29) is 6.04 Å². The van der Waals surface area contributed by atoms with Gasteiger partial charge in [0.1, 0.15) is 0 Å². The lowest BCUT2D eigenvalue weighted by Gasteiger charge is -2.01. The predicted octanol–water partition coefficient (Wildman–Crippen LogP) is 1.10. The van der Waals surface area contributed by atoms with E-state index >= 15 is 0 Å². The molecule has 1 heterocycles. The molecule has 9 heavy (non-hydrogen) atoms. The molecule has 0 fully saturated rings. The highest BCUT2D eigenvalue weighted by atomic mass is 14.6. The van der Waals surface area contributed by atoms with Crippen LogP contribution in [0, 0.1) is 0 Å². The minimum absolute atomic E-state index is 0.119. The average molecular weight is 122 g/mol. The Morgan fingerprint density at radius 1 is 1.44 bits per heavy atom. The van der Waals surface area contributed by atoms with Gasteiger partial charge in [-0.1, -0.05) is 0 Å². The van der Waals surface area contributed by atoms with E-state index in [0.717, 1.165) is 5.56 Å². The summed E-state index contributed by atoms with van der Waals surface area (Å²) in [6, 6.07) is 3.96. The van der Waals surface area contributed by atoms with Crippen LogP contribution >= 0.6 is 0 Å². The molecular weight excluding hydrogens is 112 g/mol. The normalized spacial score (nSPS) is 13.1. The van der Waals surface area contributed by atoms with E-state index in [1.807, 2.05) is 19.1 Å². The van der Waals surface area contributed by atoms with Crippen LogP contribution in [0.15, 0.2) is 24.5 Å². The molecule has 0 spiro atoms. The fourth-order valence-electron chi connectivity index (χ4n) is 0.667. The highest BCUT2D eigenvalue weighted by Gasteiger charge is 1.94. The third-order valence-corrected chi connectivity index (χ3v) is 1.23. The van der Waals surface area contributed by atoms with Gasteiger partial charge in [-0.15, -0.1) is 0 Å². The molecule has 0 aliphatic heterocycles. The fraction of sp³-hybridized carbons (Fsp3) is 0.286. The number of nitrogens with two attached hydrogens (primary N) is 1. The Kier molecular flexibility index (Phi) is 1.80. The van der Waals surface area contributed by atoms with Crippen molar-refractivity contribution in [2.24, 2.45) is 5.73 Å². The summed E-state index contributed by atoms with van der Waals surface area (Å²) in [5.74, 6) is 0. The van der Waals surface area contributed by atoms with Gasteiger partial charge in [0.15, 0.2) is 0 Å². The van der Waals surface area contributed by atoms with Crippen LogP contribution < -0.4 is 5.73 Å². The van der Waals surface area contributed by atoms with Crippen LogP contribution in [0.4, 0.5) is 0 Å². The molecule has 0 aliphatic carbocycles. The van der Waals surface area contributed by atoms with Crippen LogP contribution in [0.5, 0.6) is 0 Å². The molecule has 0 bridgehead atoms. The molecule has 2 N–H and O–H groups in total. The lowest BCUT2D eigenvalue weighted by molar-refractivity contribution is 0.815. The molecule has 48 valence electrons. The summed E-state index contributed by atoms with van der Waals surface area (Å²) in [4.78, 5) is 3.87. The molecule has 0 aliphatic rings. The molecule has 1 aromatic rings. The number of hydrogen-bond acceptors (Lipinski definition) is 2. The van der Waals surface area contributed by atoms with Crippen LogP contribution in [-0.4, -0.2) is 4.98 Å². The van der Waals surface area contributed by atoms with E-state index in [1.165, 1.54) is 0 Å². The zero-order valence-electron chi connectivity index (χ0n) is 5.41. The van der Waals surface area contributed by atoms with Crippen molar-refractivity contribution < 1.29 is 0 Å². The van der Waals surface area contributed by atoms with E-state index in [2.05, 4.69) is 4.98 Å². The molecule has 2 nitrogen and oxygen atoms in total. The molecule has 1 aromatic heterocycles. The smallest absolute Gasteiger partial charge is 0.0271 e. The number of rotatable bonds is 1. The molecule has 0 amide bonds. The number of pyridine rings is 1. The third-order valence-electron chi connectivity index (χ3n) is 1.23. The first kappa shape index (κ1) is 6.23.